The minimum Gasteiger partial charge on any atom is -0.497 e. The first-order valence-corrected chi connectivity index (χ1v) is 7.87. The quantitative estimate of drug-likeness (QED) is 0.861. The minimum atomic E-state index is 0.185. The summed E-state index contributed by atoms with van der Waals surface area (Å²) in [4.78, 5) is 15.6. The van der Waals surface area contributed by atoms with Gasteiger partial charge in [-0.2, -0.15) is 0 Å². The summed E-state index contributed by atoms with van der Waals surface area (Å²) in [5.41, 5.74) is 1.27. The van der Waals surface area contributed by atoms with Gasteiger partial charge < -0.3 is 15.0 Å². The van der Waals surface area contributed by atoms with E-state index in [1.807, 2.05) is 26.2 Å². The Hall–Kier alpha value is -1.59. The van der Waals surface area contributed by atoms with Gasteiger partial charge in [-0.3, -0.25) is 9.69 Å². The Morgan fingerprint density at radius 3 is 2.45 bits per heavy atom. The van der Waals surface area contributed by atoms with Crippen molar-refractivity contribution in [3.63, 3.8) is 0 Å². The van der Waals surface area contributed by atoms with E-state index in [-0.39, 0.29) is 5.91 Å². The van der Waals surface area contributed by atoms with Crippen molar-refractivity contribution in [1.29, 1.82) is 0 Å². The van der Waals surface area contributed by atoms with Crippen LogP contribution in [0.3, 0.4) is 0 Å². The van der Waals surface area contributed by atoms with Crippen LogP contribution in [0.2, 0.25) is 0 Å². The van der Waals surface area contributed by atoms with Gasteiger partial charge in [0.25, 0.3) is 0 Å². The van der Waals surface area contributed by atoms with E-state index in [0.717, 1.165) is 38.2 Å². The maximum Gasteiger partial charge on any atom is 0.236 e. The normalized spacial score (nSPS) is 16.5. The Morgan fingerprint density at radius 2 is 1.91 bits per heavy atom. The van der Waals surface area contributed by atoms with Crippen LogP contribution in [0.4, 0.5) is 0 Å². The first-order chi connectivity index (χ1) is 10.6. The number of nitrogens with one attached hydrogen (secondary N) is 1. The Bertz CT molecular complexity index is 465. The fourth-order valence-electron chi connectivity index (χ4n) is 2.63. The highest BCUT2D eigenvalue weighted by Crippen LogP contribution is 2.13. The minimum absolute atomic E-state index is 0.185. The maximum absolute atomic E-state index is 11.7. The number of hydrogen-bond acceptors (Lipinski definition) is 4. The lowest BCUT2D eigenvalue weighted by Crippen LogP contribution is -2.45. The highest BCUT2D eigenvalue weighted by atomic mass is 16.5. The number of nitrogens with zero attached hydrogens (tertiary/aromatic N) is 2. The number of carbonyl (C=O) groups excluding carboxylic acids is 1. The molecule has 122 valence electrons. The van der Waals surface area contributed by atoms with Gasteiger partial charge >= 0.3 is 0 Å². The van der Waals surface area contributed by atoms with Crippen molar-refractivity contribution in [2.45, 2.75) is 25.4 Å². The number of likely N-dealkylation sites (tertiary alicyclic amines) is 1. The molecule has 1 fully saturated rings. The summed E-state index contributed by atoms with van der Waals surface area (Å²) < 4.78 is 5.17. The second-order valence-electron chi connectivity index (χ2n) is 6.07. The predicted molar refractivity (Wildman–Crippen MR) is 88.0 cm³/mol. The van der Waals surface area contributed by atoms with Crippen LogP contribution in [0.1, 0.15) is 18.4 Å². The number of ether oxygens (including phenoxy) is 1. The van der Waals surface area contributed by atoms with Crippen molar-refractivity contribution in [3.05, 3.63) is 29.8 Å². The summed E-state index contributed by atoms with van der Waals surface area (Å²) in [5.74, 6) is 1.08. The van der Waals surface area contributed by atoms with E-state index in [4.69, 9.17) is 4.74 Å². The van der Waals surface area contributed by atoms with Crippen molar-refractivity contribution >= 4 is 5.91 Å². The third kappa shape index (κ3) is 5.00. The summed E-state index contributed by atoms with van der Waals surface area (Å²) in [6.45, 7) is 3.39. The number of benzene rings is 1. The van der Waals surface area contributed by atoms with E-state index in [1.54, 1.807) is 12.0 Å². The second-order valence-corrected chi connectivity index (χ2v) is 6.07. The van der Waals surface area contributed by atoms with Crippen LogP contribution >= 0.6 is 0 Å². The monoisotopic (exact) mass is 305 g/mol. The Balaban J connectivity index is 1.69. The highest BCUT2D eigenvalue weighted by molar-refractivity contribution is 5.77. The molecule has 0 spiro atoms. The third-order valence-electron chi connectivity index (χ3n) is 4.20. The summed E-state index contributed by atoms with van der Waals surface area (Å²) >= 11 is 0. The molecular weight excluding hydrogens is 278 g/mol. The summed E-state index contributed by atoms with van der Waals surface area (Å²) in [6, 6.07) is 8.71. The van der Waals surface area contributed by atoms with Crippen LogP contribution in [0.15, 0.2) is 24.3 Å². The molecule has 1 aromatic carbocycles. The molecule has 22 heavy (non-hydrogen) atoms. The summed E-state index contributed by atoms with van der Waals surface area (Å²) in [7, 11) is 5.30. The number of amides is 1. The molecule has 1 aliphatic heterocycles. The molecule has 1 N–H and O–H groups in total. The molecule has 5 heteroatoms. The highest BCUT2D eigenvalue weighted by Gasteiger charge is 2.20. The largest absolute Gasteiger partial charge is 0.497 e. The van der Waals surface area contributed by atoms with E-state index < -0.39 is 0 Å². The van der Waals surface area contributed by atoms with Crippen LogP contribution < -0.4 is 10.1 Å². The molecule has 0 aromatic heterocycles. The van der Waals surface area contributed by atoms with E-state index >= 15 is 0 Å². The van der Waals surface area contributed by atoms with Crippen molar-refractivity contribution in [2.75, 3.05) is 40.8 Å². The van der Waals surface area contributed by atoms with Gasteiger partial charge in [0.05, 0.1) is 13.7 Å². The molecule has 2 rings (SSSR count). The molecule has 5 nitrogen and oxygen atoms in total. The van der Waals surface area contributed by atoms with Crippen LogP contribution in [0, 0.1) is 0 Å². The van der Waals surface area contributed by atoms with Gasteiger partial charge in [-0.05, 0) is 30.5 Å². The van der Waals surface area contributed by atoms with Gasteiger partial charge in [-0.15, -0.1) is 0 Å². The van der Waals surface area contributed by atoms with Gasteiger partial charge in [-0.1, -0.05) is 12.1 Å². The van der Waals surface area contributed by atoms with Crippen molar-refractivity contribution in [1.82, 2.24) is 15.1 Å². The zero-order chi connectivity index (χ0) is 15.9. The Kier molecular flexibility index (Phi) is 6.21. The van der Waals surface area contributed by atoms with Crippen LogP contribution in [-0.2, 0) is 11.3 Å². The predicted octanol–water partition coefficient (Wildman–Crippen LogP) is 1.34. The summed E-state index contributed by atoms with van der Waals surface area (Å²) in [6.07, 6.45) is 2.19. The number of hydrogen-bond donors (Lipinski definition) is 1. The first-order valence-electron chi connectivity index (χ1n) is 7.87. The average molecular weight is 305 g/mol. The first kappa shape index (κ1) is 16.8. The Morgan fingerprint density at radius 1 is 1.27 bits per heavy atom. The third-order valence-corrected chi connectivity index (χ3v) is 4.20. The van der Waals surface area contributed by atoms with Gasteiger partial charge in [0, 0.05) is 39.8 Å². The molecule has 0 atom stereocenters. The molecule has 0 aliphatic carbocycles. The fourth-order valence-corrected chi connectivity index (χ4v) is 2.63. The number of likely N-dealkylation sites (N-methyl/N-ethyl adjacent to an activating group) is 1. The SMILES string of the molecule is COc1ccc(CNC2CCN(CC(=O)N(C)C)CC2)cc1. The molecule has 1 aliphatic rings. The molecule has 1 saturated heterocycles. The number of piperidine rings is 1. The van der Waals surface area contributed by atoms with Gasteiger partial charge in [0.15, 0.2) is 0 Å². The molecule has 1 heterocycles. The van der Waals surface area contributed by atoms with E-state index in [2.05, 4.69) is 22.3 Å². The van der Waals surface area contributed by atoms with Crippen molar-refractivity contribution < 1.29 is 9.53 Å². The van der Waals surface area contributed by atoms with Crippen LogP contribution in [-0.4, -0.2) is 62.6 Å². The maximum atomic E-state index is 11.7. The molecule has 1 amide bonds. The molecule has 1 aromatic rings. The lowest BCUT2D eigenvalue weighted by molar-refractivity contribution is -0.130. The average Bonchev–Trinajstić information content (AvgIpc) is 2.54. The zero-order valence-electron chi connectivity index (χ0n) is 13.8. The standard InChI is InChI=1S/C17H27N3O2/c1-19(2)17(21)13-20-10-8-15(9-11-20)18-12-14-4-6-16(22-3)7-5-14/h4-7,15,18H,8-13H2,1-3H3. The lowest BCUT2D eigenvalue weighted by atomic mass is 10.0. The topological polar surface area (TPSA) is 44.8 Å². The lowest BCUT2D eigenvalue weighted by Gasteiger charge is -2.32. The smallest absolute Gasteiger partial charge is 0.236 e. The number of carbonyl (C=O) groups is 1. The number of methoxy groups -OCH3 is 1. The zero-order valence-corrected chi connectivity index (χ0v) is 13.8. The van der Waals surface area contributed by atoms with Gasteiger partial charge in [-0.25, -0.2) is 0 Å². The van der Waals surface area contributed by atoms with E-state index in [9.17, 15) is 4.79 Å². The van der Waals surface area contributed by atoms with Gasteiger partial charge in [0.2, 0.25) is 5.91 Å². The van der Waals surface area contributed by atoms with Crippen molar-refractivity contribution in [2.24, 2.45) is 0 Å². The van der Waals surface area contributed by atoms with Crippen molar-refractivity contribution in [3.8, 4) is 5.75 Å². The van der Waals surface area contributed by atoms with E-state index in [1.165, 1.54) is 5.56 Å². The molecule has 0 radical (unpaired) electrons. The molecule has 0 unspecified atom stereocenters. The second kappa shape index (κ2) is 8.15. The van der Waals surface area contributed by atoms with Crippen LogP contribution in [0.5, 0.6) is 5.75 Å². The molecule has 0 saturated carbocycles. The van der Waals surface area contributed by atoms with Crippen LogP contribution in [0.25, 0.3) is 0 Å². The fraction of sp³-hybridized carbons (Fsp3) is 0.588. The summed E-state index contributed by atoms with van der Waals surface area (Å²) in [5, 5.41) is 3.61. The number of rotatable bonds is 6. The van der Waals surface area contributed by atoms with Gasteiger partial charge in [0.1, 0.15) is 5.75 Å². The Labute approximate surface area is 133 Å². The van der Waals surface area contributed by atoms with E-state index in [0.29, 0.717) is 12.6 Å². The molecule has 0 bridgehead atoms. The molecular formula is C17H27N3O2.